The van der Waals surface area contributed by atoms with E-state index >= 15 is 0 Å². The highest BCUT2D eigenvalue weighted by Crippen LogP contribution is 2.24. The number of hydrogen-bond donors (Lipinski definition) is 1. The molecular formula is C21H23NO4. The van der Waals surface area contributed by atoms with Crippen LogP contribution in [0.1, 0.15) is 40.5 Å². The quantitative estimate of drug-likeness (QED) is 0.835. The van der Waals surface area contributed by atoms with Gasteiger partial charge in [0.2, 0.25) is 0 Å². The Hall–Kier alpha value is -2.82. The van der Waals surface area contributed by atoms with Gasteiger partial charge in [0, 0.05) is 30.1 Å². The molecule has 0 radical (unpaired) electrons. The Morgan fingerprint density at radius 1 is 1.00 bits per heavy atom. The summed E-state index contributed by atoms with van der Waals surface area (Å²) in [4.78, 5) is 27.0. The SMILES string of the molecule is CCOc1ccc(C(=O)N2CCC(C(=O)c3ccc(O)cc3)CC2)cc1. The van der Waals surface area contributed by atoms with Crippen LogP contribution in [-0.2, 0) is 0 Å². The number of Topliss-reactive ketones (excluding diaryl/α,β-unsaturated/α-hetero) is 1. The summed E-state index contributed by atoms with van der Waals surface area (Å²) in [5.41, 5.74) is 1.25. The van der Waals surface area contributed by atoms with Crippen LogP contribution in [-0.4, -0.2) is 41.4 Å². The van der Waals surface area contributed by atoms with Crippen LogP contribution in [0.15, 0.2) is 48.5 Å². The molecule has 1 saturated heterocycles. The molecule has 5 heteroatoms. The molecule has 0 bridgehead atoms. The largest absolute Gasteiger partial charge is 0.508 e. The summed E-state index contributed by atoms with van der Waals surface area (Å²) in [7, 11) is 0. The molecule has 0 saturated carbocycles. The number of phenols is 1. The second-order valence-corrected chi connectivity index (χ2v) is 6.43. The molecule has 26 heavy (non-hydrogen) atoms. The van der Waals surface area contributed by atoms with Gasteiger partial charge in [-0.15, -0.1) is 0 Å². The number of benzene rings is 2. The van der Waals surface area contributed by atoms with E-state index in [1.165, 1.54) is 12.1 Å². The number of piperidine rings is 1. The first-order valence-electron chi connectivity index (χ1n) is 8.94. The molecular weight excluding hydrogens is 330 g/mol. The third kappa shape index (κ3) is 4.04. The molecule has 0 spiro atoms. The molecule has 1 amide bonds. The molecule has 1 aliphatic heterocycles. The van der Waals surface area contributed by atoms with E-state index < -0.39 is 0 Å². The highest BCUT2D eigenvalue weighted by atomic mass is 16.5. The van der Waals surface area contributed by atoms with E-state index in [9.17, 15) is 14.7 Å². The molecule has 2 aromatic carbocycles. The summed E-state index contributed by atoms with van der Waals surface area (Å²) < 4.78 is 5.40. The predicted octanol–water partition coefficient (Wildman–Crippen LogP) is 3.53. The zero-order valence-electron chi connectivity index (χ0n) is 14.9. The second kappa shape index (κ2) is 8.04. The lowest BCUT2D eigenvalue weighted by Crippen LogP contribution is -2.40. The molecule has 2 aromatic rings. The first kappa shape index (κ1) is 18.0. The topological polar surface area (TPSA) is 66.8 Å². The average molecular weight is 353 g/mol. The van der Waals surface area contributed by atoms with Crippen molar-refractivity contribution in [2.75, 3.05) is 19.7 Å². The van der Waals surface area contributed by atoms with Crippen LogP contribution in [0.25, 0.3) is 0 Å². The van der Waals surface area contributed by atoms with Gasteiger partial charge in [-0.25, -0.2) is 0 Å². The molecule has 1 heterocycles. The Morgan fingerprint density at radius 3 is 2.15 bits per heavy atom. The maximum atomic E-state index is 12.6. The Bertz CT molecular complexity index is 760. The van der Waals surface area contributed by atoms with Crippen molar-refractivity contribution in [3.63, 3.8) is 0 Å². The molecule has 1 fully saturated rings. The van der Waals surface area contributed by atoms with E-state index in [1.54, 1.807) is 41.3 Å². The van der Waals surface area contributed by atoms with Crippen LogP contribution in [0.2, 0.25) is 0 Å². The van der Waals surface area contributed by atoms with E-state index in [1.807, 2.05) is 6.92 Å². The van der Waals surface area contributed by atoms with E-state index in [0.717, 1.165) is 5.75 Å². The van der Waals surface area contributed by atoms with Gasteiger partial charge in [-0.3, -0.25) is 9.59 Å². The molecule has 0 atom stereocenters. The van der Waals surface area contributed by atoms with Crippen molar-refractivity contribution in [1.29, 1.82) is 0 Å². The first-order chi connectivity index (χ1) is 12.6. The number of phenolic OH excluding ortho intramolecular Hbond substituents is 1. The lowest BCUT2D eigenvalue weighted by atomic mass is 9.88. The van der Waals surface area contributed by atoms with E-state index in [4.69, 9.17) is 4.74 Å². The molecule has 5 nitrogen and oxygen atoms in total. The fourth-order valence-corrected chi connectivity index (χ4v) is 3.25. The minimum absolute atomic E-state index is 0.0106. The summed E-state index contributed by atoms with van der Waals surface area (Å²) in [6.45, 7) is 3.65. The fraction of sp³-hybridized carbons (Fsp3) is 0.333. The van der Waals surface area contributed by atoms with E-state index in [-0.39, 0.29) is 23.4 Å². The van der Waals surface area contributed by atoms with Crippen LogP contribution in [0.5, 0.6) is 11.5 Å². The van der Waals surface area contributed by atoms with Crippen molar-refractivity contribution in [3.8, 4) is 11.5 Å². The number of ketones is 1. The minimum Gasteiger partial charge on any atom is -0.508 e. The van der Waals surface area contributed by atoms with E-state index in [2.05, 4.69) is 0 Å². The number of hydrogen-bond acceptors (Lipinski definition) is 4. The van der Waals surface area contributed by atoms with Gasteiger partial charge in [0.1, 0.15) is 11.5 Å². The maximum absolute atomic E-state index is 12.6. The van der Waals surface area contributed by atoms with Gasteiger partial charge in [0.15, 0.2) is 5.78 Å². The zero-order valence-corrected chi connectivity index (χ0v) is 14.9. The van der Waals surface area contributed by atoms with Crippen molar-refractivity contribution in [3.05, 3.63) is 59.7 Å². The first-order valence-corrected chi connectivity index (χ1v) is 8.94. The number of aromatic hydroxyl groups is 1. The Labute approximate surface area is 153 Å². The lowest BCUT2D eigenvalue weighted by molar-refractivity contribution is 0.0650. The third-order valence-electron chi connectivity index (χ3n) is 4.72. The Kier molecular flexibility index (Phi) is 5.56. The lowest BCUT2D eigenvalue weighted by Gasteiger charge is -2.31. The summed E-state index contributed by atoms with van der Waals surface area (Å²) in [5, 5.41) is 9.34. The van der Waals surface area contributed by atoms with Gasteiger partial charge in [-0.05, 0) is 68.3 Å². The molecule has 3 rings (SSSR count). The van der Waals surface area contributed by atoms with Crippen molar-refractivity contribution in [1.82, 2.24) is 4.90 Å². The van der Waals surface area contributed by atoms with Gasteiger partial charge in [-0.1, -0.05) is 0 Å². The highest BCUT2D eigenvalue weighted by Gasteiger charge is 2.28. The van der Waals surface area contributed by atoms with E-state index in [0.29, 0.717) is 43.7 Å². The summed E-state index contributed by atoms with van der Waals surface area (Å²) in [6.07, 6.45) is 1.31. The van der Waals surface area contributed by atoms with Crippen molar-refractivity contribution >= 4 is 11.7 Å². The van der Waals surface area contributed by atoms with Crippen LogP contribution < -0.4 is 4.74 Å². The van der Waals surface area contributed by atoms with Gasteiger partial charge >= 0.3 is 0 Å². The number of carbonyl (C=O) groups excluding carboxylic acids is 2. The van der Waals surface area contributed by atoms with Crippen LogP contribution in [0.3, 0.4) is 0 Å². The standard InChI is InChI=1S/C21H23NO4/c1-2-26-19-9-5-17(6-10-19)21(25)22-13-11-16(12-14-22)20(24)15-3-7-18(23)8-4-15/h3-10,16,23H,2,11-14H2,1H3. The number of rotatable bonds is 5. The molecule has 0 unspecified atom stereocenters. The smallest absolute Gasteiger partial charge is 0.253 e. The number of likely N-dealkylation sites (tertiary alicyclic amines) is 1. The van der Waals surface area contributed by atoms with Gasteiger partial charge < -0.3 is 14.7 Å². The van der Waals surface area contributed by atoms with Crippen LogP contribution in [0.4, 0.5) is 0 Å². The molecule has 0 aromatic heterocycles. The van der Waals surface area contributed by atoms with Crippen molar-refractivity contribution in [2.45, 2.75) is 19.8 Å². The second-order valence-electron chi connectivity index (χ2n) is 6.43. The Morgan fingerprint density at radius 2 is 1.58 bits per heavy atom. The Balaban J connectivity index is 1.58. The highest BCUT2D eigenvalue weighted by molar-refractivity contribution is 5.98. The monoisotopic (exact) mass is 353 g/mol. The summed E-state index contributed by atoms with van der Waals surface area (Å²) >= 11 is 0. The number of amides is 1. The predicted molar refractivity (Wildman–Crippen MR) is 98.7 cm³/mol. The van der Waals surface area contributed by atoms with Gasteiger partial charge in [0.05, 0.1) is 6.61 Å². The van der Waals surface area contributed by atoms with Gasteiger partial charge in [0.25, 0.3) is 5.91 Å². The third-order valence-corrected chi connectivity index (χ3v) is 4.72. The van der Waals surface area contributed by atoms with Crippen molar-refractivity contribution < 1.29 is 19.4 Å². The maximum Gasteiger partial charge on any atom is 0.253 e. The average Bonchev–Trinajstić information content (AvgIpc) is 2.68. The van der Waals surface area contributed by atoms with Gasteiger partial charge in [-0.2, -0.15) is 0 Å². The minimum atomic E-state index is -0.0797. The number of ether oxygens (including phenoxy) is 1. The summed E-state index contributed by atoms with van der Waals surface area (Å²) in [5.74, 6) is 0.894. The van der Waals surface area contributed by atoms with Crippen molar-refractivity contribution in [2.24, 2.45) is 5.92 Å². The fourth-order valence-electron chi connectivity index (χ4n) is 3.25. The molecule has 1 aliphatic rings. The van der Waals surface area contributed by atoms with Crippen LogP contribution >= 0.6 is 0 Å². The number of carbonyl (C=O) groups is 2. The summed E-state index contributed by atoms with van der Waals surface area (Å²) in [6, 6.07) is 13.5. The molecule has 136 valence electrons. The normalized spacial score (nSPS) is 14.9. The molecule has 0 aliphatic carbocycles. The van der Waals surface area contributed by atoms with Crippen LogP contribution in [0, 0.1) is 5.92 Å². The number of nitrogens with zero attached hydrogens (tertiary/aromatic N) is 1. The molecule has 1 N–H and O–H groups in total. The zero-order chi connectivity index (χ0) is 18.5.